The largest absolute Gasteiger partial charge is 0.299 e. The maximum Gasteiger partial charge on any atom is 0.0358 e. The first-order valence-electron chi connectivity index (χ1n) is 12.7. The van der Waals surface area contributed by atoms with Crippen molar-refractivity contribution in [2.45, 2.75) is 84.3 Å². The number of hydrogen-bond donors (Lipinski definition) is 0. The van der Waals surface area contributed by atoms with Gasteiger partial charge in [-0.3, -0.25) is 9.80 Å². The van der Waals surface area contributed by atoms with Gasteiger partial charge in [0.1, 0.15) is 0 Å². The first-order valence-corrected chi connectivity index (χ1v) is 12.7. The second-order valence-corrected chi connectivity index (χ2v) is 12.2. The molecule has 0 unspecified atom stereocenters. The molecule has 0 N–H and O–H groups in total. The minimum Gasteiger partial charge on any atom is -0.299 e. The molecular weight excluding hydrogens is 388 g/mol. The smallest absolute Gasteiger partial charge is 0.0358 e. The van der Waals surface area contributed by atoms with Crippen LogP contribution >= 0.6 is 0 Å². The van der Waals surface area contributed by atoms with Crippen LogP contribution < -0.4 is 0 Å². The molecule has 0 radical (unpaired) electrons. The lowest BCUT2D eigenvalue weighted by molar-refractivity contribution is 0.00345. The summed E-state index contributed by atoms with van der Waals surface area (Å²) in [6.45, 7) is 14.4. The van der Waals surface area contributed by atoms with Crippen molar-refractivity contribution in [3.05, 3.63) is 71.3 Å². The van der Waals surface area contributed by atoms with E-state index in [1.165, 1.54) is 61.9 Å². The molecule has 2 fully saturated rings. The molecule has 32 heavy (non-hydrogen) atoms. The second kappa shape index (κ2) is 9.31. The van der Waals surface area contributed by atoms with Gasteiger partial charge >= 0.3 is 0 Å². The fourth-order valence-electron chi connectivity index (χ4n) is 6.03. The van der Waals surface area contributed by atoms with E-state index >= 15 is 0 Å². The van der Waals surface area contributed by atoms with Gasteiger partial charge in [0, 0.05) is 17.6 Å². The highest BCUT2D eigenvalue weighted by atomic mass is 15.2. The van der Waals surface area contributed by atoms with Gasteiger partial charge in [-0.2, -0.15) is 0 Å². The zero-order chi connectivity index (χ0) is 22.9. The Balaban J connectivity index is 1.45. The Morgan fingerprint density at radius 3 is 2.19 bits per heavy atom. The van der Waals surface area contributed by atoms with Crippen molar-refractivity contribution in [2.24, 2.45) is 11.3 Å². The van der Waals surface area contributed by atoms with Gasteiger partial charge in [-0.25, -0.2) is 0 Å². The minimum absolute atomic E-state index is 0.209. The fourth-order valence-corrected chi connectivity index (χ4v) is 6.03. The van der Waals surface area contributed by atoms with E-state index in [4.69, 9.17) is 0 Å². The zero-order valence-electron chi connectivity index (χ0n) is 21.3. The Hall–Kier alpha value is -1.64. The van der Waals surface area contributed by atoms with Gasteiger partial charge < -0.3 is 0 Å². The molecule has 2 aromatic carbocycles. The van der Waals surface area contributed by atoms with Crippen molar-refractivity contribution in [3.63, 3.8) is 0 Å². The fraction of sp³-hybridized carbons (Fsp3) is 0.600. The van der Waals surface area contributed by atoms with Crippen LogP contribution in [0.2, 0.25) is 0 Å². The lowest BCUT2D eigenvalue weighted by Crippen LogP contribution is -2.49. The summed E-state index contributed by atoms with van der Waals surface area (Å²) >= 11 is 0. The third kappa shape index (κ3) is 5.46. The molecule has 0 saturated carbocycles. The molecule has 4 rings (SSSR count). The number of benzene rings is 2. The molecule has 2 aromatic rings. The van der Waals surface area contributed by atoms with Crippen LogP contribution in [0.3, 0.4) is 0 Å². The lowest BCUT2D eigenvalue weighted by atomic mass is 9.75. The summed E-state index contributed by atoms with van der Waals surface area (Å²) in [5.74, 6) is 0.766. The quantitative estimate of drug-likeness (QED) is 0.501. The van der Waals surface area contributed by atoms with Crippen molar-refractivity contribution in [1.29, 1.82) is 0 Å². The summed E-state index contributed by atoms with van der Waals surface area (Å²) in [5, 5.41) is 0. The lowest BCUT2D eigenvalue weighted by Gasteiger charge is -2.49. The summed E-state index contributed by atoms with van der Waals surface area (Å²) < 4.78 is 0. The number of hydrogen-bond acceptors (Lipinski definition) is 2. The predicted molar refractivity (Wildman–Crippen MR) is 137 cm³/mol. The summed E-state index contributed by atoms with van der Waals surface area (Å²) in [5.41, 5.74) is 5.11. The Morgan fingerprint density at radius 2 is 1.53 bits per heavy atom. The van der Waals surface area contributed by atoms with Gasteiger partial charge in [0.15, 0.2) is 0 Å². The Kier molecular flexibility index (Phi) is 6.84. The highest BCUT2D eigenvalue weighted by Crippen LogP contribution is 2.44. The third-order valence-corrected chi connectivity index (χ3v) is 8.07. The van der Waals surface area contributed by atoms with Crippen molar-refractivity contribution in [3.8, 4) is 0 Å². The van der Waals surface area contributed by atoms with Gasteiger partial charge in [-0.1, -0.05) is 68.4 Å². The van der Waals surface area contributed by atoms with Crippen molar-refractivity contribution in [1.82, 2.24) is 9.80 Å². The molecule has 174 valence electrons. The van der Waals surface area contributed by atoms with Crippen LogP contribution in [-0.4, -0.2) is 35.5 Å². The van der Waals surface area contributed by atoms with Crippen LogP contribution in [0.25, 0.3) is 0 Å². The number of piperidine rings is 2. The molecule has 2 aliphatic heterocycles. The first kappa shape index (κ1) is 23.5. The van der Waals surface area contributed by atoms with Crippen LogP contribution in [0.1, 0.15) is 89.1 Å². The monoisotopic (exact) mass is 432 g/mol. The van der Waals surface area contributed by atoms with Gasteiger partial charge in [-0.05, 0) is 101 Å². The maximum atomic E-state index is 2.73. The summed E-state index contributed by atoms with van der Waals surface area (Å²) in [7, 11) is 2.29. The van der Waals surface area contributed by atoms with E-state index in [2.05, 4.69) is 106 Å². The van der Waals surface area contributed by atoms with E-state index in [9.17, 15) is 0 Å². The molecule has 2 saturated heterocycles. The maximum absolute atomic E-state index is 2.73. The normalized spacial score (nSPS) is 27.4. The molecule has 0 bridgehead atoms. The molecule has 2 heteroatoms. The molecule has 0 amide bonds. The van der Waals surface area contributed by atoms with Crippen LogP contribution in [0.4, 0.5) is 0 Å². The molecule has 0 aliphatic carbocycles. The summed E-state index contributed by atoms with van der Waals surface area (Å²) in [4.78, 5) is 5.27. The molecule has 0 spiro atoms. The van der Waals surface area contributed by atoms with E-state index < -0.39 is 0 Å². The topological polar surface area (TPSA) is 6.48 Å². The third-order valence-electron chi connectivity index (χ3n) is 8.07. The second-order valence-electron chi connectivity index (χ2n) is 12.2. The molecule has 2 heterocycles. The average Bonchev–Trinajstić information content (AvgIpc) is 2.75. The van der Waals surface area contributed by atoms with Gasteiger partial charge in [0.05, 0.1) is 0 Å². The predicted octanol–water partition coefficient (Wildman–Crippen LogP) is 7.27. The Morgan fingerprint density at radius 1 is 0.875 bits per heavy atom. The number of rotatable bonds is 4. The highest BCUT2D eigenvalue weighted by Gasteiger charge is 2.38. The van der Waals surface area contributed by atoms with Crippen molar-refractivity contribution < 1.29 is 0 Å². The standard InChI is InChI=1S/C30H44N2/c1-29(2,3)32-19-17-30(4,5)22-28(32)26-14-12-23(13-15-26)20-24-16-18-31(6)27(21-24)25-10-8-7-9-11-25/h7-15,24,27-28H,16-22H2,1-6H3/t24-,27-,28-/m0/s1. The molecule has 2 aliphatic rings. The number of nitrogens with zero attached hydrogens (tertiary/aromatic N) is 2. The van der Waals surface area contributed by atoms with E-state index in [1.54, 1.807) is 0 Å². The van der Waals surface area contributed by atoms with Gasteiger partial charge in [0.2, 0.25) is 0 Å². The van der Waals surface area contributed by atoms with Gasteiger partial charge in [0.25, 0.3) is 0 Å². The van der Waals surface area contributed by atoms with Crippen LogP contribution in [-0.2, 0) is 6.42 Å². The molecule has 0 aromatic heterocycles. The highest BCUT2D eigenvalue weighted by molar-refractivity contribution is 5.27. The van der Waals surface area contributed by atoms with Gasteiger partial charge in [-0.15, -0.1) is 0 Å². The first-order chi connectivity index (χ1) is 15.1. The van der Waals surface area contributed by atoms with E-state index in [0.29, 0.717) is 17.5 Å². The summed E-state index contributed by atoms with van der Waals surface area (Å²) in [6.07, 6.45) is 6.30. The zero-order valence-corrected chi connectivity index (χ0v) is 21.3. The van der Waals surface area contributed by atoms with Crippen LogP contribution in [0.15, 0.2) is 54.6 Å². The van der Waals surface area contributed by atoms with Crippen LogP contribution in [0.5, 0.6) is 0 Å². The Bertz CT molecular complexity index is 862. The Labute approximate surface area is 197 Å². The molecule has 3 atom stereocenters. The molecular formula is C30H44N2. The average molecular weight is 433 g/mol. The van der Waals surface area contributed by atoms with Crippen molar-refractivity contribution in [2.75, 3.05) is 20.1 Å². The summed E-state index contributed by atoms with van der Waals surface area (Å²) in [6, 6.07) is 21.9. The van der Waals surface area contributed by atoms with E-state index in [1.807, 2.05) is 0 Å². The van der Waals surface area contributed by atoms with E-state index in [-0.39, 0.29) is 5.54 Å². The van der Waals surface area contributed by atoms with E-state index in [0.717, 1.165) is 5.92 Å². The van der Waals surface area contributed by atoms with Crippen LogP contribution in [0, 0.1) is 11.3 Å². The SMILES string of the molecule is CN1CC[C@@H](Cc2ccc([C@@H]3CC(C)(C)CCN3C(C)(C)C)cc2)C[C@H]1c1ccccc1. The van der Waals surface area contributed by atoms with Crippen molar-refractivity contribution >= 4 is 0 Å². The minimum atomic E-state index is 0.209. The molecule has 2 nitrogen and oxygen atoms in total. The number of likely N-dealkylation sites (tertiary alicyclic amines) is 2.